The van der Waals surface area contributed by atoms with Crippen molar-refractivity contribution < 1.29 is 13.2 Å². The fourth-order valence-corrected chi connectivity index (χ4v) is 2.80. The Morgan fingerprint density at radius 3 is 2.35 bits per heavy atom. The number of hydrogen-bond donors (Lipinski definition) is 3. The minimum atomic E-state index is -3.68. The van der Waals surface area contributed by atoms with Crippen molar-refractivity contribution in [3.05, 3.63) is 69.4 Å². The number of H-pyrrole nitrogens is 1. The van der Waals surface area contributed by atoms with Crippen LogP contribution in [0.15, 0.2) is 58.1 Å². The van der Waals surface area contributed by atoms with Crippen LogP contribution in [-0.4, -0.2) is 30.3 Å². The molecule has 0 unspecified atom stereocenters. The van der Waals surface area contributed by atoms with Crippen molar-refractivity contribution in [1.82, 2.24) is 14.3 Å². The normalized spacial score (nSPS) is 11.3. The van der Waals surface area contributed by atoms with Crippen LogP contribution in [0.1, 0.15) is 0 Å². The molecule has 0 bridgehead atoms. The van der Waals surface area contributed by atoms with Crippen molar-refractivity contribution in [1.29, 1.82) is 0 Å². The third-order valence-corrected chi connectivity index (χ3v) is 4.02. The van der Waals surface area contributed by atoms with Gasteiger partial charge in [-0.15, -0.1) is 0 Å². The Kier molecular flexibility index (Phi) is 4.34. The maximum absolute atomic E-state index is 12.6. The van der Waals surface area contributed by atoms with Gasteiger partial charge in [0.15, 0.2) is 0 Å². The van der Waals surface area contributed by atoms with Gasteiger partial charge in [-0.25, -0.2) is 27.3 Å². The molecule has 0 fully saturated rings. The summed E-state index contributed by atoms with van der Waals surface area (Å²) in [4.78, 5) is 39.0. The number of benzene rings is 2. The summed E-state index contributed by atoms with van der Waals surface area (Å²) in [5.74, 6) is 0. The molecule has 10 heteroatoms. The van der Waals surface area contributed by atoms with Crippen LogP contribution in [0.3, 0.4) is 0 Å². The lowest BCUT2D eigenvalue weighted by molar-refractivity contribution is 0.256. The predicted molar refractivity (Wildman–Crippen MR) is 97.2 cm³/mol. The van der Waals surface area contributed by atoms with Crippen LogP contribution in [0.5, 0.6) is 0 Å². The van der Waals surface area contributed by atoms with E-state index in [1.54, 1.807) is 29.0 Å². The number of sulfonamides is 1. The Labute approximate surface area is 147 Å². The number of aromatic nitrogens is 2. The maximum Gasteiger partial charge on any atom is 0.333 e. The molecule has 0 aliphatic carbocycles. The quantitative estimate of drug-likeness (QED) is 0.623. The molecule has 0 aliphatic heterocycles. The van der Waals surface area contributed by atoms with Crippen molar-refractivity contribution in [2.45, 2.75) is 0 Å². The lowest BCUT2D eigenvalue weighted by Crippen LogP contribution is -2.34. The zero-order valence-electron chi connectivity index (χ0n) is 13.5. The minimum absolute atomic E-state index is 0.292. The largest absolute Gasteiger partial charge is 0.333 e. The van der Waals surface area contributed by atoms with Gasteiger partial charge < -0.3 is 10.3 Å². The molecule has 3 rings (SSSR count). The molecular formula is C16H14N4O5S. The smallest absolute Gasteiger partial charge is 0.307 e. The summed E-state index contributed by atoms with van der Waals surface area (Å²) in [5.41, 5.74) is -0.0326. The third-order valence-electron chi connectivity index (χ3n) is 3.47. The molecular weight excluding hydrogens is 360 g/mol. The highest BCUT2D eigenvalue weighted by molar-refractivity contribution is 7.89. The SMILES string of the molecule is CS(=O)(=O)NC(=O)Nc1ccc(-n2c(=O)[nH]c3ccccc3c2=O)cc1. The molecule has 134 valence electrons. The number of carbonyl (C=O) groups is 1. The van der Waals surface area contributed by atoms with Gasteiger partial charge in [0.25, 0.3) is 5.56 Å². The number of urea groups is 1. The molecule has 3 N–H and O–H groups in total. The Morgan fingerprint density at radius 1 is 1.04 bits per heavy atom. The van der Waals surface area contributed by atoms with Gasteiger partial charge >= 0.3 is 11.7 Å². The Morgan fingerprint density at radius 2 is 1.69 bits per heavy atom. The van der Waals surface area contributed by atoms with Gasteiger partial charge in [0.2, 0.25) is 10.0 Å². The summed E-state index contributed by atoms with van der Waals surface area (Å²) in [7, 11) is -3.68. The van der Waals surface area contributed by atoms with Gasteiger partial charge in [-0.2, -0.15) is 0 Å². The number of para-hydroxylation sites is 1. The molecule has 0 aliphatic rings. The second kappa shape index (κ2) is 6.48. The highest BCUT2D eigenvalue weighted by Crippen LogP contribution is 2.12. The van der Waals surface area contributed by atoms with Crippen LogP contribution < -0.4 is 21.3 Å². The van der Waals surface area contributed by atoms with Gasteiger partial charge in [0, 0.05) is 5.69 Å². The monoisotopic (exact) mass is 374 g/mol. The summed E-state index contributed by atoms with van der Waals surface area (Å²) in [6.07, 6.45) is 0.855. The van der Waals surface area contributed by atoms with E-state index in [4.69, 9.17) is 0 Å². The number of carbonyl (C=O) groups excluding carboxylic acids is 1. The van der Waals surface area contributed by atoms with Gasteiger partial charge in [-0.05, 0) is 36.4 Å². The van der Waals surface area contributed by atoms with Crippen molar-refractivity contribution in [3.63, 3.8) is 0 Å². The first-order chi connectivity index (χ1) is 12.2. The van der Waals surface area contributed by atoms with E-state index in [0.29, 0.717) is 22.3 Å². The number of rotatable bonds is 3. The van der Waals surface area contributed by atoms with E-state index in [-0.39, 0.29) is 0 Å². The van der Waals surface area contributed by atoms with E-state index < -0.39 is 27.3 Å². The van der Waals surface area contributed by atoms with Crippen molar-refractivity contribution in [2.75, 3.05) is 11.6 Å². The van der Waals surface area contributed by atoms with Crippen molar-refractivity contribution >= 4 is 32.6 Å². The predicted octanol–water partition coefficient (Wildman–Crippen LogP) is 0.760. The highest BCUT2D eigenvalue weighted by Gasteiger charge is 2.11. The molecule has 0 spiro atoms. The maximum atomic E-state index is 12.6. The van der Waals surface area contributed by atoms with Gasteiger partial charge in [0.05, 0.1) is 22.8 Å². The van der Waals surface area contributed by atoms with E-state index in [1.807, 2.05) is 0 Å². The summed E-state index contributed by atoms with van der Waals surface area (Å²) in [5, 5.41) is 2.70. The van der Waals surface area contributed by atoms with Gasteiger partial charge in [-0.3, -0.25) is 4.79 Å². The number of aromatic amines is 1. The molecule has 0 saturated carbocycles. The Balaban J connectivity index is 1.95. The number of amides is 2. The summed E-state index contributed by atoms with van der Waals surface area (Å²) >= 11 is 0. The van der Waals surface area contributed by atoms with Gasteiger partial charge in [0.1, 0.15) is 0 Å². The molecule has 2 amide bonds. The summed E-state index contributed by atoms with van der Waals surface area (Å²) in [6.45, 7) is 0. The zero-order chi connectivity index (χ0) is 18.9. The molecule has 3 aromatic rings. The van der Waals surface area contributed by atoms with E-state index in [1.165, 1.54) is 24.3 Å². The minimum Gasteiger partial charge on any atom is -0.307 e. The highest BCUT2D eigenvalue weighted by atomic mass is 32.2. The first kappa shape index (κ1) is 17.4. The van der Waals surface area contributed by atoms with Crippen LogP contribution >= 0.6 is 0 Å². The molecule has 1 aromatic heterocycles. The van der Waals surface area contributed by atoms with Crippen LogP contribution in [0.2, 0.25) is 0 Å². The Bertz CT molecular complexity index is 1210. The number of anilines is 1. The molecule has 26 heavy (non-hydrogen) atoms. The topological polar surface area (TPSA) is 130 Å². The molecule has 0 radical (unpaired) electrons. The lowest BCUT2D eigenvalue weighted by atomic mass is 10.2. The Hall–Kier alpha value is -3.40. The van der Waals surface area contributed by atoms with E-state index in [2.05, 4.69) is 10.3 Å². The zero-order valence-corrected chi connectivity index (χ0v) is 14.3. The van der Waals surface area contributed by atoms with Crippen LogP contribution in [0, 0.1) is 0 Å². The van der Waals surface area contributed by atoms with E-state index in [0.717, 1.165) is 10.8 Å². The van der Waals surface area contributed by atoms with Crippen molar-refractivity contribution in [3.8, 4) is 5.69 Å². The first-order valence-corrected chi connectivity index (χ1v) is 9.27. The second-order valence-electron chi connectivity index (χ2n) is 5.49. The summed E-state index contributed by atoms with van der Waals surface area (Å²) in [6, 6.07) is 11.5. The molecule has 0 saturated heterocycles. The molecule has 1 heterocycles. The number of fused-ring (bicyclic) bond motifs is 1. The second-order valence-corrected chi connectivity index (χ2v) is 7.24. The van der Waals surface area contributed by atoms with Crippen molar-refractivity contribution in [2.24, 2.45) is 0 Å². The molecule has 0 atom stereocenters. The van der Waals surface area contributed by atoms with E-state index in [9.17, 15) is 22.8 Å². The number of nitrogens with zero attached hydrogens (tertiary/aromatic N) is 1. The first-order valence-electron chi connectivity index (χ1n) is 7.38. The fourth-order valence-electron chi connectivity index (χ4n) is 2.42. The van der Waals surface area contributed by atoms with Crippen LogP contribution in [0.25, 0.3) is 16.6 Å². The summed E-state index contributed by atoms with van der Waals surface area (Å²) < 4.78 is 24.7. The third kappa shape index (κ3) is 3.64. The average molecular weight is 374 g/mol. The lowest BCUT2D eigenvalue weighted by Gasteiger charge is -2.09. The number of nitrogens with one attached hydrogen (secondary N) is 3. The van der Waals surface area contributed by atoms with E-state index >= 15 is 0 Å². The number of hydrogen-bond acceptors (Lipinski definition) is 5. The average Bonchev–Trinajstić information content (AvgIpc) is 2.54. The van der Waals surface area contributed by atoms with Crippen LogP contribution in [-0.2, 0) is 10.0 Å². The molecule has 2 aromatic carbocycles. The standard InChI is InChI=1S/C16H14N4O5S/c1-26(24,25)19-15(22)17-10-6-8-11(9-7-10)20-14(21)12-4-2-3-5-13(12)18-16(20)23/h2-9H,1H3,(H,18,23)(H2,17,19,22). The van der Waals surface area contributed by atoms with Crippen LogP contribution in [0.4, 0.5) is 10.5 Å². The fraction of sp³-hybridized carbons (Fsp3) is 0.0625. The molecule has 9 nitrogen and oxygen atoms in total. The van der Waals surface area contributed by atoms with Gasteiger partial charge in [-0.1, -0.05) is 12.1 Å².